The molecule has 23 heavy (non-hydrogen) atoms. The Kier molecular flexibility index (Phi) is 6.07. The van der Waals surface area contributed by atoms with E-state index in [-0.39, 0.29) is 24.2 Å². The van der Waals surface area contributed by atoms with Crippen molar-refractivity contribution >= 4 is 17.5 Å². The van der Waals surface area contributed by atoms with Crippen LogP contribution in [0.2, 0.25) is 0 Å². The Bertz CT molecular complexity index is 570. The second-order valence-electron chi connectivity index (χ2n) is 5.96. The van der Waals surface area contributed by atoms with Gasteiger partial charge in [-0.2, -0.15) is 0 Å². The Labute approximate surface area is 134 Å². The van der Waals surface area contributed by atoms with E-state index in [1.165, 1.54) is 25.8 Å². The Morgan fingerprint density at radius 1 is 1.13 bits per heavy atom. The van der Waals surface area contributed by atoms with Gasteiger partial charge in [0.1, 0.15) is 6.54 Å². The van der Waals surface area contributed by atoms with Gasteiger partial charge in [-0.3, -0.25) is 9.59 Å². The predicted molar refractivity (Wildman–Crippen MR) is 84.0 cm³/mol. The van der Waals surface area contributed by atoms with Crippen LogP contribution in [0.5, 0.6) is 0 Å². The quantitative estimate of drug-likeness (QED) is 0.865. The predicted octanol–water partition coefficient (Wildman–Crippen LogP) is 3.16. The molecule has 2 rings (SSSR count). The zero-order valence-electron chi connectivity index (χ0n) is 13.3. The lowest BCUT2D eigenvalue weighted by atomic mass is 10.1. The van der Waals surface area contributed by atoms with E-state index in [4.69, 9.17) is 0 Å². The van der Waals surface area contributed by atoms with E-state index in [2.05, 4.69) is 5.32 Å². The second kappa shape index (κ2) is 8.04. The topological polar surface area (TPSA) is 49.4 Å². The Morgan fingerprint density at radius 3 is 2.35 bits per heavy atom. The molecule has 4 nitrogen and oxygen atoms in total. The summed E-state index contributed by atoms with van der Waals surface area (Å²) in [5.74, 6) is -2.71. The smallest absolute Gasteiger partial charge is 0.240 e. The summed E-state index contributed by atoms with van der Waals surface area (Å²) in [6.07, 6.45) is 6.42. The average Bonchev–Trinajstić information content (AvgIpc) is 2.76. The lowest BCUT2D eigenvalue weighted by Crippen LogP contribution is -2.43. The molecule has 1 fully saturated rings. The van der Waals surface area contributed by atoms with Crippen molar-refractivity contribution in [1.29, 1.82) is 0 Å². The lowest BCUT2D eigenvalue weighted by molar-refractivity contribution is -0.123. The SMILES string of the molecule is CC(=O)N(CC(=O)NC1CCCCCC1)c1ccc(F)c(F)c1. The maximum absolute atomic E-state index is 13.3. The van der Waals surface area contributed by atoms with Gasteiger partial charge in [0.05, 0.1) is 0 Å². The molecule has 0 heterocycles. The summed E-state index contributed by atoms with van der Waals surface area (Å²) in [5.41, 5.74) is 0.174. The molecule has 126 valence electrons. The molecule has 0 radical (unpaired) electrons. The number of nitrogens with one attached hydrogen (secondary N) is 1. The standard InChI is InChI=1S/C17H22F2N2O2/c1-12(22)21(14-8-9-15(18)16(19)10-14)11-17(23)20-13-6-4-2-3-5-7-13/h8-10,13H,2-7,11H2,1H3,(H,20,23). The summed E-state index contributed by atoms with van der Waals surface area (Å²) in [7, 11) is 0. The van der Waals surface area contributed by atoms with Crippen LogP contribution in [0.3, 0.4) is 0 Å². The van der Waals surface area contributed by atoms with Gasteiger partial charge < -0.3 is 10.2 Å². The van der Waals surface area contributed by atoms with Crippen LogP contribution in [0.4, 0.5) is 14.5 Å². The van der Waals surface area contributed by atoms with Crippen LogP contribution in [0.15, 0.2) is 18.2 Å². The molecule has 0 saturated heterocycles. The summed E-state index contributed by atoms with van der Waals surface area (Å²) in [6.45, 7) is 1.09. The van der Waals surface area contributed by atoms with Gasteiger partial charge in [0, 0.05) is 24.7 Å². The Morgan fingerprint density at radius 2 is 1.78 bits per heavy atom. The minimum absolute atomic E-state index is 0.128. The van der Waals surface area contributed by atoms with Gasteiger partial charge in [-0.05, 0) is 25.0 Å². The molecule has 0 bridgehead atoms. The third-order valence-corrected chi connectivity index (χ3v) is 4.12. The van der Waals surface area contributed by atoms with E-state index in [1.807, 2.05) is 0 Å². The first kappa shape index (κ1) is 17.4. The fraction of sp³-hybridized carbons (Fsp3) is 0.529. The maximum Gasteiger partial charge on any atom is 0.240 e. The molecular formula is C17H22F2N2O2. The molecule has 1 aromatic rings. The van der Waals surface area contributed by atoms with Crippen molar-refractivity contribution in [1.82, 2.24) is 5.32 Å². The molecule has 1 aromatic carbocycles. The fourth-order valence-corrected chi connectivity index (χ4v) is 2.88. The van der Waals surface area contributed by atoms with Crippen LogP contribution >= 0.6 is 0 Å². The van der Waals surface area contributed by atoms with Crippen LogP contribution < -0.4 is 10.2 Å². The number of anilines is 1. The van der Waals surface area contributed by atoms with E-state index in [9.17, 15) is 18.4 Å². The first-order valence-electron chi connectivity index (χ1n) is 8.00. The van der Waals surface area contributed by atoms with E-state index >= 15 is 0 Å². The van der Waals surface area contributed by atoms with Gasteiger partial charge in [0.15, 0.2) is 11.6 Å². The number of rotatable bonds is 4. The number of benzene rings is 1. The number of hydrogen-bond donors (Lipinski definition) is 1. The summed E-state index contributed by atoms with van der Waals surface area (Å²) in [5, 5.41) is 2.94. The van der Waals surface area contributed by atoms with E-state index < -0.39 is 17.5 Å². The van der Waals surface area contributed by atoms with Crippen LogP contribution in [0.25, 0.3) is 0 Å². The molecule has 2 amide bonds. The van der Waals surface area contributed by atoms with Crippen molar-refractivity contribution in [3.8, 4) is 0 Å². The maximum atomic E-state index is 13.3. The highest BCUT2D eigenvalue weighted by Gasteiger charge is 2.20. The van der Waals surface area contributed by atoms with Gasteiger partial charge in [0.2, 0.25) is 11.8 Å². The highest BCUT2D eigenvalue weighted by molar-refractivity contribution is 5.97. The second-order valence-corrected chi connectivity index (χ2v) is 5.96. The summed E-state index contributed by atoms with van der Waals surface area (Å²) in [4.78, 5) is 25.1. The minimum atomic E-state index is -1.04. The molecular weight excluding hydrogens is 302 g/mol. The number of carbonyl (C=O) groups excluding carboxylic acids is 2. The molecule has 0 spiro atoms. The number of nitrogens with zero attached hydrogens (tertiary/aromatic N) is 1. The third-order valence-electron chi connectivity index (χ3n) is 4.12. The number of carbonyl (C=O) groups is 2. The summed E-state index contributed by atoms with van der Waals surface area (Å²) >= 11 is 0. The van der Waals surface area contributed by atoms with Gasteiger partial charge >= 0.3 is 0 Å². The molecule has 6 heteroatoms. The summed E-state index contributed by atoms with van der Waals surface area (Å²) < 4.78 is 26.4. The molecule has 1 aliphatic rings. The van der Waals surface area contributed by atoms with Crippen LogP contribution in [0.1, 0.15) is 45.4 Å². The normalized spacial score (nSPS) is 15.8. The Balaban J connectivity index is 2.02. The molecule has 1 N–H and O–H groups in total. The van der Waals surface area contributed by atoms with Gasteiger partial charge in [-0.25, -0.2) is 8.78 Å². The molecule has 0 aromatic heterocycles. The number of halogens is 2. The van der Waals surface area contributed by atoms with E-state index in [0.29, 0.717) is 0 Å². The van der Waals surface area contributed by atoms with Crippen LogP contribution in [-0.2, 0) is 9.59 Å². The van der Waals surface area contributed by atoms with Crippen LogP contribution in [0, 0.1) is 11.6 Å². The minimum Gasteiger partial charge on any atom is -0.352 e. The van der Waals surface area contributed by atoms with Crippen molar-refractivity contribution in [2.24, 2.45) is 0 Å². The fourth-order valence-electron chi connectivity index (χ4n) is 2.88. The number of amides is 2. The first-order valence-corrected chi connectivity index (χ1v) is 8.00. The van der Waals surface area contributed by atoms with E-state index in [0.717, 1.165) is 42.7 Å². The first-order chi connectivity index (χ1) is 11.0. The molecule has 1 aliphatic carbocycles. The zero-order chi connectivity index (χ0) is 16.8. The van der Waals surface area contributed by atoms with Gasteiger partial charge in [-0.15, -0.1) is 0 Å². The molecule has 1 saturated carbocycles. The highest BCUT2D eigenvalue weighted by atomic mass is 19.2. The van der Waals surface area contributed by atoms with Crippen LogP contribution in [-0.4, -0.2) is 24.4 Å². The van der Waals surface area contributed by atoms with Crippen molar-refractivity contribution < 1.29 is 18.4 Å². The van der Waals surface area contributed by atoms with E-state index in [1.54, 1.807) is 0 Å². The van der Waals surface area contributed by atoms with Crippen molar-refractivity contribution in [3.05, 3.63) is 29.8 Å². The monoisotopic (exact) mass is 324 g/mol. The van der Waals surface area contributed by atoms with Gasteiger partial charge in [0.25, 0.3) is 0 Å². The van der Waals surface area contributed by atoms with Crippen molar-refractivity contribution in [2.45, 2.75) is 51.5 Å². The summed E-state index contributed by atoms with van der Waals surface area (Å²) in [6, 6.07) is 3.29. The Hall–Kier alpha value is -1.98. The van der Waals surface area contributed by atoms with Crippen molar-refractivity contribution in [2.75, 3.05) is 11.4 Å². The molecule has 0 aliphatic heterocycles. The van der Waals surface area contributed by atoms with Crippen molar-refractivity contribution in [3.63, 3.8) is 0 Å². The zero-order valence-corrected chi connectivity index (χ0v) is 13.3. The molecule has 0 atom stereocenters. The highest BCUT2D eigenvalue weighted by Crippen LogP contribution is 2.19. The average molecular weight is 324 g/mol. The lowest BCUT2D eigenvalue weighted by Gasteiger charge is -2.23. The number of hydrogen-bond acceptors (Lipinski definition) is 2. The largest absolute Gasteiger partial charge is 0.352 e. The third kappa shape index (κ3) is 5.01. The van der Waals surface area contributed by atoms with Gasteiger partial charge in [-0.1, -0.05) is 25.7 Å². The molecule has 0 unspecified atom stereocenters.